The molecule has 2 rings (SSSR count). The maximum absolute atomic E-state index is 12.3. The van der Waals surface area contributed by atoms with E-state index >= 15 is 0 Å². The van der Waals surface area contributed by atoms with E-state index in [0.29, 0.717) is 10.5 Å². The number of imide groups is 1. The van der Waals surface area contributed by atoms with E-state index in [1.807, 2.05) is 0 Å². The minimum atomic E-state index is -2.75. The fraction of sp³-hybridized carbons (Fsp3) is 0.364. The number of hydrogen-bond donors (Lipinski definition) is 1. The van der Waals surface area contributed by atoms with Crippen molar-refractivity contribution in [2.24, 2.45) is 0 Å². The van der Waals surface area contributed by atoms with Crippen molar-refractivity contribution in [1.29, 1.82) is 0 Å². The Morgan fingerprint density at radius 2 is 2.22 bits per heavy atom. The zero-order valence-corrected chi connectivity index (χ0v) is 9.56. The number of halogens is 2. The standard InChI is InChI=1S/C11H11F2N3O2/c1-11(7-3-2-4-14-5-7)9(17)16(6-8(12)13)10(18)15-11/h2-5,8H,6H2,1H3,(H,15,18)/t11-/m0/s1. The molecule has 96 valence electrons. The van der Waals surface area contributed by atoms with Crippen LogP contribution in [0.2, 0.25) is 0 Å². The van der Waals surface area contributed by atoms with Gasteiger partial charge in [0.25, 0.3) is 12.3 Å². The number of amides is 3. The Hall–Kier alpha value is -2.05. The SMILES string of the molecule is C[C@@]1(c2cccnc2)NC(=O)N(CC(F)F)C1=O. The third-order valence-electron chi connectivity index (χ3n) is 2.83. The lowest BCUT2D eigenvalue weighted by atomic mass is 9.94. The van der Waals surface area contributed by atoms with Gasteiger partial charge in [-0.2, -0.15) is 0 Å². The Morgan fingerprint density at radius 1 is 1.50 bits per heavy atom. The summed E-state index contributed by atoms with van der Waals surface area (Å²) in [6, 6.07) is 2.40. The van der Waals surface area contributed by atoms with Crippen molar-refractivity contribution < 1.29 is 18.4 Å². The summed E-state index contributed by atoms with van der Waals surface area (Å²) in [7, 11) is 0. The largest absolute Gasteiger partial charge is 0.325 e. The molecule has 3 amide bonds. The van der Waals surface area contributed by atoms with E-state index in [9.17, 15) is 18.4 Å². The molecule has 1 aromatic heterocycles. The third-order valence-corrected chi connectivity index (χ3v) is 2.83. The van der Waals surface area contributed by atoms with E-state index < -0.39 is 30.4 Å². The molecule has 2 heterocycles. The highest BCUT2D eigenvalue weighted by Crippen LogP contribution is 2.28. The van der Waals surface area contributed by atoms with Crippen LogP contribution in [-0.2, 0) is 10.3 Å². The van der Waals surface area contributed by atoms with Gasteiger partial charge in [-0.1, -0.05) is 6.07 Å². The van der Waals surface area contributed by atoms with Gasteiger partial charge in [-0.05, 0) is 13.0 Å². The van der Waals surface area contributed by atoms with Gasteiger partial charge in [0, 0.05) is 18.0 Å². The smallest absolute Gasteiger partial charge is 0.319 e. The van der Waals surface area contributed by atoms with Gasteiger partial charge < -0.3 is 5.32 Å². The predicted molar refractivity (Wildman–Crippen MR) is 57.8 cm³/mol. The van der Waals surface area contributed by atoms with Crippen LogP contribution in [-0.4, -0.2) is 34.8 Å². The fourth-order valence-corrected chi connectivity index (χ4v) is 1.85. The maximum Gasteiger partial charge on any atom is 0.325 e. The predicted octanol–water partition coefficient (Wildman–Crippen LogP) is 1.11. The minimum Gasteiger partial charge on any atom is -0.319 e. The molecule has 1 aromatic rings. The van der Waals surface area contributed by atoms with Crippen molar-refractivity contribution >= 4 is 11.9 Å². The first kappa shape index (κ1) is 12.4. The Bertz CT molecular complexity index is 480. The van der Waals surface area contributed by atoms with Crippen molar-refractivity contribution in [3.05, 3.63) is 30.1 Å². The van der Waals surface area contributed by atoms with Gasteiger partial charge in [0.15, 0.2) is 0 Å². The lowest BCUT2D eigenvalue weighted by Crippen LogP contribution is -2.41. The summed E-state index contributed by atoms with van der Waals surface area (Å²) in [5, 5.41) is 2.42. The molecular weight excluding hydrogens is 244 g/mol. The third kappa shape index (κ3) is 1.92. The first-order valence-corrected chi connectivity index (χ1v) is 5.28. The van der Waals surface area contributed by atoms with Crippen LogP contribution in [0, 0.1) is 0 Å². The van der Waals surface area contributed by atoms with E-state index in [1.54, 1.807) is 12.1 Å². The molecule has 0 unspecified atom stereocenters. The van der Waals surface area contributed by atoms with Crippen molar-refractivity contribution in [2.45, 2.75) is 18.9 Å². The van der Waals surface area contributed by atoms with Gasteiger partial charge in [-0.15, -0.1) is 0 Å². The highest BCUT2D eigenvalue weighted by Gasteiger charge is 2.49. The van der Waals surface area contributed by atoms with Gasteiger partial charge in [0.2, 0.25) is 0 Å². The number of nitrogens with one attached hydrogen (secondary N) is 1. The lowest BCUT2D eigenvalue weighted by Gasteiger charge is -2.21. The van der Waals surface area contributed by atoms with Crippen LogP contribution in [0.15, 0.2) is 24.5 Å². The summed E-state index contributed by atoms with van der Waals surface area (Å²) < 4.78 is 24.6. The molecule has 1 N–H and O–H groups in total. The van der Waals surface area contributed by atoms with E-state index in [-0.39, 0.29) is 0 Å². The summed E-state index contributed by atoms with van der Waals surface area (Å²) in [5.41, 5.74) is -0.875. The Labute approximate surface area is 102 Å². The molecule has 7 heteroatoms. The average molecular weight is 255 g/mol. The Kier molecular flexibility index (Phi) is 2.98. The first-order chi connectivity index (χ1) is 8.45. The highest BCUT2D eigenvalue weighted by molar-refractivity contribution is 6.07. The number of carbonyl (C=O) groups is 2. The topological polar surface area (TPSA) is 62.3 Å². The molecule has 0 radical (unpaired) electrons. The molecule has 1 fully saturated rings. The number of hydrogen-bond acceptors (Lipinski definition) is 3. The van der Waals surface area contributed by atoms with Gasteiger partial charge in [-0.3, -0.25) is 14.7 Å². The second-order valence-electron chi connectivity index (χ2n) is 4.10. The Balaban J connectivity index is 2.32. The molecule has 1 aliphatic heterocycles. The van der Waals surface area contributed by atoms with Crippen LogP contribution in [0.3, 0.4) is 0 Å². The van der Waals surface area contributed by atoms with E-state index in [0.717, 1.165) is 0 Å². The molecule has 0 spiro atoms. The molecular formula is C11H11F2N3O2. The highest BCUT2D eigenvalue weighted by atomic mass is 19.3. The molecule has 0 aromatic carbocycles. The molecule has 5 nitrogen and oxygen atoms in total. The minimum absolute atomic E-state index is 0.458. The summed E-state index contributed by atoms with van der Waals surface area (Å²) in [6.07, 6.45) is 0.186. The summed E-state index contributed by atoms with van der Waals surface area (Å²) in [5.74, 6) is -0.694. The summed E-state index contributed by atoms with van der Waals surface area (Å²) in [6.45, 7) is 0.566. The number of aromatic nitrogens is 1. The second-order valence-corrected chi connectivity index (χ2v) is 4.10. The monoisotopic (exact) mass is 255 g/mol. The molecule has 0 aliphatic carbocycles. The summed E-state index contributed by atoms with van der Waals surface area (Å²) >= 11 is 0. The average Bonchev–Trinajstić information content (AvgIpc) is 2.55. The Morgan fingerprint density at radius 3 is 2.78 bits per heavy atom. The van der Waals surface area contributed by atoms with E-state index in [4.69, 9.17) is 0 Å². The maximum atomic E-state index is 12.3. The van der Waals surface area contributed by atoms with E-state index in [1.165, 1.54) is 19.3 Å². The van der Waals surface area contributed by atoms with Gasteiger partial charge in [0.1, 0.15) is 5.54 Å². The number of alkyl halides is 2. The van der Waals surface area contributed by atoms with Crippen LogP contribution in [0.4, 0.5) is 13.6 Å². The number of urea groups is 1. The van der Waals surface area contributed by atoms with Crippen LogP contribution < -0.4 is 5.32 Å². The van der Waals surface area contributed by atoms with Crippen LogP contribution in [0.1, 0.15) is 12.5 Å². The van der Waals surface area contributed by atoms with Crippen LogP contribution in [0.5, 0.6) is 0 Å². The molecule has 1 aliphatic rings. The quantitative estimate of drug-likeness (QED) is 0.823. The van der Waals surface area contributed by atoms with Crippen molar-refractivity contribution in [1.82, 2.24) is 15.2 Å². The van der Waals surface area contributed by atoms with Crippen molar-refractivity contribution in [3.8, 4) is 0 Å². The second kappa shape index (κ2) is 4.32. The zero-order chi connectivity index (χ0) is 13.3. The van der Waals surface area contributed by atoms with Crippen molar-refractivity contribution in [2.75, 3.05) is 6.54 Å². The number of pyridine rings is 1. The van der Waals surface area contributed by atoms with Crippen LogP contribution >= 0.6 is 0 Å². The molecule has 0 bridgehead atoms. The summed E-state index contributed by atoms with van der Waals surface area (Å²) in [4.78, 5) is 28.0. The van der Waals surface area contributed by atoms with Gasteiger partial charge in [-0.25, -0.2) is 13.6 Å². The molecule has 1 atom stereocenters. The molecule has 0 saturated carbocycles. The van der Waals surface area contributed by atoms with Crippen LogP contribution in [0.25, 0.3) is 0 Å². The van der Waals surface area contributed by atoms with Crippen molar-refractivity contribution in [3.63, 3.8) is 0 Å². The number of carbonyl (C=O) groups excluding carboxylic acids is 2. The number of rotatable bonds is 3. The molecule has 18 heavy (non-hydrogen) atoms. The fourth-order valence-electron chi connectivity index (χ4n) is 1.85. The van der Waals surface area contributed by atoms with Gasteiger partial charge >= 0.3 is 6.03 Å². The first-order valence-electron chi connectivity index (χ1n) is 5.28. The lowest BCUT2D eigenvalue weighted by molar-refractivity contribution is -0.132. The van der Waals surface area contributed by atoms with E-state index in [2.05, 4.69) is 10.3 Å². The van der Waals surface area contributed by atoms with Gasteiger partial charge in [0.05, 0.1) is 6.54 Å². The normalized spacial score (nSPS) is 23.7. The molecule has 1 saturated heterocycles. The number of nitrogens with zero attached hydrogens (tertiary/aromatic N) is 2. The zero-order valence-electron chi connectivity index (χ0n) is 9.56.